The smallest absolute Gasteiger partial charge is 0.253 e. The van der Waals surface area contributed by atoms with Gasteiger partial charge in [-0.1, -0.05) is 132 Å². The maximum Gasteiger partial charge on any atom is 0.253 e. The van der Waals surface area contributed by atoms with Crippen LogP contribution in [0.5, 0.6) is 0 Å². The van der Waals surface area contributed by atoms with Gasteiger partial charge >= 0.3 is 0 Å². The molecule has 0 spiro atoms. The molecule has 0 aliphatic carbocycles. The summed E-state index contributed by atoms with van der Waals surface area (Å²) in [5.41, 5.74) is 15.0. The van der Waals surface area contributed by atoms with E-state index in [0.29, 0.717) is 89.8 Å². The Labute approximate surface area is 541 Å². The second-order valence-electron chi connectivity index (χ2n) is 28.0. The number of carbonyl (C=O) groups is 4. The predicted octanol–water partition coefficient (Wildman–Crippen LogP) is 16.4. The highest BCUT2D eigenvalue weighted by molar-refractivity contribution is 6.11. The van der Waals surface area contributed by atoms with Crippen molar-refractivity contribution in [3.8, 4) is 44.5 Å². The molecule has 16 heteroatoms. The van der Waals surface area contributed by atoms with Gasteiger partial charge in [-0.05, 0) is 156 Å². The van der Waals surface area contributed by atoms with Crippen molar-refractivity contribution in [3.05, 3.63) is 142 Å². The zero-order chi connectivity index (χ0) is 67.1. The Hall–Kier alpha value is -8.80. The van der Waals surface area contributed by atoms with Gasteiger partial charge in [0.05, 0.1) is 45.5 Å². The number of nitrogens with one attached hydrogen (secondary N) is 6. The Balaban J connectivity index is 1.58. The van der Waals surface area contributed by atoms with Gasteiger partial charge in [-0.25, -0.2) is 9.97 Å². The number of rotatable bonds is 16. The average Bonchev–Trinajstić information content (AvgIpc) is 1.55. The van der Waals surface area contributed by atoms with E-state index in [0.717, 1.165) is 44.5 Å². The van der Waals surface area contributed by atoms with Gasteiger partial charge in [-0.15, -0.1) is 0 Å². The zero-order valence-corrected chi connectivity index (χ0v) is 57.0. The molecule has 3 aromatic heterocycles. The van der Waals surface area contributed by atoms with Crippen LogP contribution in [-0.2, 0) is 59.8 Å². The normalized spacial score (nSPS) is 14.0. The van der Waals surface area contributed by atoms with E-state index in [1.807, 2.05) is 48.6 Å². The summed E-state index contributed by atoms with van der Waals surface area (Å²) >= 11 is 0. The van der Waals surface area contributed by atoms with Crippen molar-refractivity contribution in [3.63, 3.8) is 0 Å². The molecule has 5 heterocycles. The first-order valence-electron chi connectivity index (χ1n) is 31.3. The number of aromatic nitrogens is 4. The Morgan fingerprint density at radius 3 is 0.804 bits per heavy atom. The van der Waals surface area contributed by atoms with Crippen molar-refractivity contribution in [2.24, 2.45) is 0 Å². The van der Waals surface area contributed by atoms with Crippen molar-refractivity contribution in [2.75, 3.05) is 49.7 Å². The van der Waals surface area contributed by atoms with Gasteiger partial charge in [0.25, 0.3) is 23.6 Å². The summed E-state index contributed by atoms with van der Waals surface area (Å²) in [5, 5.41) is 12.6. The van der Waals surface area contributed by atoms with Gasteiger partial charge in [-0.2, -0.15) is 0 Å². The largest absolute Gasteiger partial charge is 0.372 e. The van der Waals surface area contributed by atoms with E-state index >= 15 is 0 Å². The van der Waals surface area contributed by atoms with E-state index in [1.54, 1.807) is 64.1 Å². The van der Waals surface area contributed by atoms with Gasteiger partial charge in [0.2, 0.25) is 0 Å². The van der Waals surface area contributed by atoms with Crippen LogP contribution in [0, 0.1) is 0 Å². The van der Waals surface area contributed by atoms with E-state index in [9.17, 15) is 19.2 Å². The second-order valence-corrected chi connectivity index (χ2v) is 28.0. The SMILES string of the molecule is COC(C)C(=O)Nc1cccc(NC(=O)C(C)OC)c1-c1c2nc(c(-c3cc(C(C)(C)C)cc(C(C)(C)C)c3)c3ccc([nH]3)c(-c3c(NC(=O)C(C)OC)cccc3NC(=O)C(C)OC)c3nc(c(-c4cc(C(C)(C)C)cc(C(C)(C)C)c4)c4ccc1[nH]4)C=C3)C=C2. The summed E-state index contributed by atoms with van der Waals surface area (Å²) in [5.74, 6) is -1.62. The Bertz CT molecular complexity index is 3850. The fourth-order valence-corrected chi connectivity index (χ4v) is 11.0. The number of anilines is 4. The molecular formula is C76H90N8O8. The third-order valence-corrected chi connectivity index (χ3v) is 17.2. The molecule has 9 rings (SSSR count). The van der Waals surface area contributed by atoms with Crippen molar-refractivity contribution in [1.82, 2.24) is 19.9 Å². The molecule has 0 saturated heterocycles. The molecule has 4 atom stereocenters. The van der Waals surface area contributed by atoms with E-state index in [-0.39, 0.29) is 21.7 Å². The highest BCUT2D eigenvalue weighted by Crippen LogP contribution is 2.47. The van der Waals surface area contributed by atoms with Gasteiger partial charge < -0.3 is 50.2 Å². The number of amides is 4. The number of ether oxygens (including phenoxy) is 4. The van der Waals surface area contributed by atoms with Crippen LogP contribution >= 0.6 is 0 Å². The van der Waals surface area contributed by atoms with Crippen LogP contribution in [0.2, 0.25) is 0 Å². The quantitative estimate of drug-likeness (QED) is 0.0539. The monoisotopic (exact) mass is 1240 g/mol. The maximum atomic E-state index is 14.1. The molecule has 6 N–H and O–H groups in total. The molecule has 4 aromatic carbocycles. The molecule has 2 aliphatic rings. The molecule has 16 nitrogen and oxygen atoms in total. The molecule has 4 unspecified atom stereocenters. The van der Waals surface area contributed by atoms with Gasteiger partial charge in [-0.3, -0.25) is 19.2 Å². The van der Waals surface area contributed by atoms with Crippen LogP contribution in [0.25, 0.3) is 90.9 Å². The summed E-state index contributed by atoms with van der Waals surface area (Å²) in [7, 11) is 5.92. The zero-order valence-electron chi connectivity index (χ0n) is 57.0. The molecule has 482 valence electrons. The molecule has 0 radical (unpaired) electrons. The van der Waals surface area contributed by atoms with Crippen molar-refractivity contribution in [2.45, 2.75) is 157 Å². The highest BCUT2D eigenvalue weighted by Gasteiger charge is 2.30. The molecule has 4 amide bonds. The molecule has 7 aromatic rings. The molecule has 2 aliphatic heterocycles. The molecular weight excluding hydrogens is 1150 g/mol. The number of aromatic amines is 2. The number of hydrogen-bond acceptors (Lipinski definition) is 10. The number of H-pyrrole nitrogens is 2. The van der Waals surface area contributed by atoms with Crippen LogP contribution < -0.4 is 21.3 Å². The fourth-order valence-electron chi connectivity index (χ4n) is 11.0. The lowest BCUT2D eigenvalue weighted by molar-refractivity contribution is -0.125. The van der Waals surface area contributed by atoms with Crippen molar-refractivity contribution in [1.29, 1.82) is 0 Å². The summed E-state index contributed by atoms with van der Waals surface area (Å²) in [4.78, 5) is 75.8. The molecule has 92 heavy (non-hydrogen) atoms. The number of carbonyl (C=O) groups excluding carboxylic acids is 4. The van der Waals surface area contributed by atoms with E-state index < -0.39 is 48.0 Å². The second kappa shape index (κ2) is 26.4. The number of hydrogen-bond donors (Lipinski definition) is 6. The average molecular weight is 1240 g/mol. The van der Waals surface area contributed by atoms with E-state index in [4.69, 9.17) is 28.9 Å². The summed E-state index contributed by atoms with van der Waals surface area (Å²) in [6.07, 6.45) is 4.59. The fraction of sp³-hybridized carbons (Fsp3) is 0.368. The van der Waals surface area contributed by atoms with Gasteiger partial charge in [0.15, 0.2) is 0 Å². The Morgan fingerprint density at radius 2 is 0.576 bits per heavy atom. The minimum Gasteiger partial charge on any atom is -0.372 e. The first-order chi connectivity index (χ1) is 43.2. The summed E-state index contributed by atoms with van der Waals surface area (Å²) in [6, 6.07) is 32.3. The van der Waals surface area contributed by atoms with Crippen LogP contribution in [0.4, 0.5) is 22.7 Å². The molecule has 0 fully saturated rings. The molecule has 8 bridgehead atoms. The van der Waals surface area contributed by atoms with E-state index in [2.05, 4.69) is 151 Å². The lowest BCUT2D eigenvalue weighted by Crippen LogP contribution is -2.28. The lowest BCUT2D eigenvalue weighted by Gasteiger charge is -2.26. The van der Waals surface area contributed by atoms with Crippen LogP contribution in [0.3, 0.4) is 0 Å². The number of benzene rings is 4. The number of methoxy groups -OCH3 is 4. The van der Waals surface area contributed by atoms with Crippen LogP contribution in [-0.4, -0.2) is 96.4 Å². The predicted molar refractivity (Wildman–Crippen MR) is 376 cm³/mol. The van der Waals surface area contributed by atoms with Crippen LogP contribution in [0.1, 0.15) is 156 Å². The Morgan fingerprint density at radius 1 is 0.348 bits per heavy atom. The summed E-state index contributed by atoms with van der Waals surface area (Å²) < 4.78 is 22.2. The minimum absolute atomic E-state index is 0.280. The number of fused-ring (bicyclic) bond motifs is 8. The summed E-state index contributed by atoms with van der Waals surface area (Å²) in [6.45, 7) is 33.2. The maximum absolute atomic E-state index is 14.1. The third kappa shape index (κ3) is 14.3. The van der Waals surface area contributed by atoms with Crippen LogP contribution in [0.15, 0.2) is 97.1 Å². The molecule has 0 saturated carbocycles. The third-order valence-electron chi connectivity index (χ3n) is 17.2. The van der Waals surface area contributed by atoms with Crippen molar-refractivity contribution >= 4 is 92.7 Å². The van der Waals surface area contributed by atoms with E-state index in [1.165, 1.54) is 28.4 Å². The highest BCUT2D eigenvalue weighted by atomic mass is 16.5. The topological polar surface area (TPSA) is 211 Å². The first kappa shape index (κ1) is 67.6. The van der Waals surface area contributed by atoms with Gasteiger partial charge in [0.1, 0.15) is 24.4 Å². The Kier molecular flexibility index (Phi) is 19.4. The van der Waals surface area contributed by atoms with Crippen molar-refractivity contribution < 1.29 is 38.1 Å². The minimum atomic E-state index is -0.836. The number of nitrogens with zero attached hydrogens (tertiary/aromatic N) is 2. The standard InChI is InChI=1S/C76H90N8O8/c1-41(89-17)69(85)81-51-23-21-24-52(82-70(86)42(2)90-18)65(51)67-59-31-27-55(77-59)63(45-35-47(73(5,6)7)39-48(36-45)74(8,9)10)57-29-33-61(79-57)68(66-53(83-71(87)43(3)91-19)25-22-26-54(66)84-72(88)44(4)92-20)62-34-30-58(80-62)64(56-28-32-60(67)78-56)46-37-49(75(11,12)13)40-50(38-46)76(14,15)16/h21-44,77,80H,1-20H3,(H,81,85)(H,82,86)(H,83,87)(H,84,88). The first-order valence-corrected chi connectivity index (χ1v) is 31.3. The lowest BCUT2D eigenvalue weighted by atomic mass is 9.78. The van der Waals surface area contributed by atoms with Gasteiger partial charge in [0, 0.05) is 83.9 Å².